The number of hydrogen-bond donors (Lipinski definition) is 1. The molecular weight excluding hydrogens is 238 g/mol. The van der Waals surface area contributed by atoms with Crippen LogP contribution >= 0.6 is 0 Å². The quantitative estimate of drug-likeness (QED) is 0.867. The first-order valence-electron chi connectivity index (χ1n) is 6.66. The normalized spacial score (nSPS) is 12.4. The standard InChI is InChI=1S/C15H21N3O/c1-3-19-15-7-5-4-6-13(15)14(16)9-8-12-10-11-17-18(12)2/h4-7,10-11,14H,3,8-9,16H2,1-2H3. The van der Waals surface area contributed by atoms with E-state index in [0.29, 0.717) is 6.61 Å². The van der Waals surface area contributed by atoms with E-state index >= 15 is 0 Å². The molecule has 2 rings (SSSR count). The Balaban J connectivity index is 2.03. The van der Waals surface area contributed by atoms with Gasteiger partial charge in [-0.3, -0.25) is 4.68 Å². The molecule has 1 aromatic heterocycles. The summed E-state index contributed by atoms with van der Waals surface area (Å²) in [6, 6.07) is 10.0. The molecule has 4 nitrogen and oxygen atoms in total. The minimum absolute atomic E-state index is 0.0161. The van der Waals surface area contributed by atoms with Gasteiger partial charge in [0.15, 0.2) is 0 Å². The van der Waals surface area contributed by atoms with Gasteiger partial charge in [0.05, 0.1) is 6.61 Å². The van der Waals surface area contributed by atoms with Crippen molar-refractivity contribution in [3.63, 3.8) is 0 Å². The summed E-state index contributed by atoms with van der Waals surface area (Å²) >= 11 is 0. The highest BCUT2D eigenvalue weighted by Gasteiger charge is 2.12. The Morgan fingerprint density at radius 1 is 1.32 bits per heavy atom. The Labute approximate surface area is 114 Å². The summed E-state index contributed by atoms with van der Waals surface area (Å²) in [5.74, 6) is 0.891. The molecule has 0 aliphatic carbocycles. The number of para-hydroxylation sites is 1. The molecule has 0 spiro atoms. The number of nitrogens with zero attached hydrogens (tertiary/aromatic N) is 2. The zero-order valence-electron chi connectivity index (χ0n) is 11.5. The summed E-state index contributed by atoms with van der Waals surface area (Å²) in [5, 5.41) is 4.17. The summed E-state index contributed by atoms with van der Waals surface area (Å²) in [5.41, 5.74) is 8.56. The van der Waals surface area contributed by atoms with E-state index in [4.69, 9.17) is 10.5 Å². The lowest BCUT2D eigenvalue weighted by molar-refractivity contribution is 0.333. The number of aromatic nitrogens is 2. The third-order valence-electron chi connectivity index (χ3n) is 3.25. The highest BCUT2D eigenvalue weighted by Crippen LogP contribution is 2.26. The van der Waals surface area contributed by atoms with Crippen molar-refractivity contribution in [1.29, 1.82) is 0 Å². The lowest BCUT2D eigenvalue weighted by Gasteiger charge is -2.16. The van der Waals surface area contributed by atoms with E-state index in [1.807, 2.05) is 55.2 Å². The number of ether oxygens (including phenoxy) is 1. The molecule has 102 valence electrons. The van der Waals surface area contributed by atoms with Crippen LogP contribution in [0.1, 0.15) is 30.6 Å². The van der Waals surface area contributed by atoms with E-state index in [9.17, 15) is 0 Å². The second-order valence-corrected chi connectivity index (χ2v) is 4.56. The van der Waals surface area contributed by atoms with Gasteiger partial charge in [-0.1, -0.05) is 18.2 Å². The summed E-state index contributed by atoms with van der Waals surface area (Å²) < 4.78 is 7.51. The van der Waals surface area contributed by atoms with Crippen LogP contribution < -0.4 is 10.5 Å². The molecule has 1 atom stereocenters. The number of rotatable bonds is 6. The smallest absolute Gasteiger partial charge is 0.124 e. The molecule has 0 saturated heterocycles. The van der Waals surface area contributed by atoms with Crippen molar-refractivity contribution in [2.45, 2.75) is 25.8 Å². The van der Waals surface area contributed by atoms with E-state index in [1.54, 1.807) is 0 Å². The maximum absolute atomic E-state index is 6.28. The van der Waals surface area contributed by atoms with Crippen molar-refractivity contribution >= 4 is 0 Å². The van der Waals surface area contributed by atoms with Crippen molar-refractivity contribution in [2.24, 2.45) is 12.8 Å². The monoisotopic (exact) mass is 259 g/mol. The maximum Gasteiger partial charge on any atom is 0.124 e. The van der Waals surface area contributed by atoms with Gasteiger partial charge in [0.1, 0.15) is 5.75 Å². The van der Waals surface area contributed by atoms with Crippen molar-refractivity contribution in [2.75, 3.05) is 6.61 Å². The van der Waals surface area contributed by atoms with Gasteiger partial charge in [-0.15, -0.1) is 0 Å². The summed E-state index contributed by atoms with van der Waals surface area (Å²) in [4.78, 5) is 0. The summed E-state index contributed by atoms with van der Waals surface area (Å²) in [7, 11) is 1.95. The van der Waals surface area contributed by atoms with Crippen LogP contribution in [-0.4, -0.2) is 16.4 Å². The second-order valence-electron chi connectivity index (χ2n) is 4.56. The molecule has 0 saturated carbocycles. The number of benzene rings is 1. The minimum atomic E-state index is -0.0161. The highest BCUT2D eigenvalue weighted by atomic mass is 16.5. The Morgan fingerprint density at radius 2 is 2.11 bits per heavy atom. The van der Waals surface area contributed by atoms with Gasteiger partial charge in [-0.25, -0.2) is 0 Å². The summed E-state index contributed by atoms with van der Waals surface area (Å²) in [6.07, 6.45) is 3.61. The Kier molecular flexibility index (Phi) is 4.58. The van der Waals surface area contributed by atoms with Gasteiger partial charge in [0.25, 0.3) is 0 Å². The molecule has 2 aromatic rings. The average Bonchev–Trinajstić information content (AvgIpc) is 2.82. The third-order valence-corrected chi connectivity index (χ3v) is 3.25. The Bertz CT molecular complexity index is 522. The van der Waals surface area contributed by atoms with Crippen LogP contribution in [0.25, 0.3) is 0 Å². The topological polar surface area (TPSA) is 53.1 Å². The van der Waals surface area contributed by atoms with Crippen molar-refractivity contribution in [3.8, 4) is 5.75 Å². The van der Waals surface area contributed by atoms with Gasteiger partial charge in [-0.05, 0) is 31.9 Å². The largest absolute Gasteiger partial charge is 0.494 e. The van der Waals surface area contributed by atoms with Crippen molar-refractivity contribution < 1.29 is 4.74 Å². The molecule has 0 fully saturated rings. The molecule has 19 heavy (non-hydrogen) atoms. The van der Waals surface area contributed by atoms with Crippen LogP contribution in [0.3, 0.4) is 0 Å². The molecule has 0 bridgehead atoms. The molecule has 1 aromatic carbocycles. The predicted molar refractivity (Wildman–Crippen MR) is 76.1 cm³/mol. The molecule has 2 N–H and O–H groups in total. The number of aryl methyl sites for hydroxylation is 2. The predicted octanol–water partition coefficient (Wildman–Crippen LogP) is 2.45. The van der Waals surface area contributed by atoms with Crippen LogP contribution in [0.2, 0.25) is 0 Å². The van der Waals surface area contributed by atoms with Gasteiger partial charge in [0.2, 0.25) is 0 Å². The van der Waals surface area contributed by atoms with E-state index in [0.717, 1.165) is 24.2 Å². The first kappa shape index (κ1) is 13.6. The first-order chi connectivity index (χ1) is 9.22. The molecule has 0 aliphatic heterocycles. The fraction of sp³-hybridized carbons (Fsp3) is 0.400. The fourth-order valence-electron chi connectivity index (χ4n) is 2.18. The van der Waals surface area contributed by atoms with Gasteiger partial charge >= 0.3 is 0 Å². The van der Waals surface area contributed by atoms with Crippen molar-refractivity contribution in [1.82, 2.24) is 9.78 Å². The number of hydrogen-bond acceptors (Lipinski definition) is 3. The lowest BCUT2D eigenvalue weighted by atomic mass is 10.0. The van der Waals surface area contributed by atoms with E-state index in [2.05, 4.69) is 5.10 Å². The molecule has 0 amide bonds. The fourth-order valence-corrected chi connectivity index (χ4v) is 2.18. The van der Waals surface area contributed by atoms with Crippen LogP contribution in [0.15, 0.2) is 36.5 Å². The molecule has 0 radical (unpaired) electrons. The van der Waals surface area contributed by atoms with Crippen LogP contribution in [0.4, 0.5) is 0 Å². The van der Waals surface area contributed by atoms with E-state index in [1.165, 1.54) is 5.69 Å². The highest BCUT2D eigenvalue weighted by molar-refractivity contribution is 5.35. The minimum Gasteiger partial charge on any atom is -0.494 e. The molecule has 1 unspecified atom stereocenters. The van der Waals surface area contributed by atoms with Gasteiger partial charge in [-0.2, -0.15) is 5.10 Å². The Hall–Kier alpha value is -1.81. The van der Waals surface area contributed by atoms with Crippen LogP contribution in [0, 0.1) is 0 Å². The van der Waals surface area contributed by atoms with Gasteiger partial charge in [0, 0.05) is 30.5 Å². The zero-order valence-corrected chi connectivity index (χ0v) is 11.5. The van der Waals surface area contributed by atoms with Gasteiger partial charge < -0.3 is 10.5 Å². The Morgan fingerprint density at radius 3 is 2.79 bits per heavy atom. The zero-order chi connectivity index (χ0) is 13.7. The van der Waals surface area contributed by atoms with E-state index < -0.39 is 0 Å². The van der Waals surface area contributed by atoms with Crippen molar-refractivity contribution in [3.05, 3.63) is 47.8 Å². The summed E-state index contributed by atoms with van der Waals surface area (Å²) in [6.45, 7) is 2.64. The molecule has 1 heterocycles. The molecular formula is C15H21N3O. The average molecular weight is 259 g/mol. The number of nitrogens with two attached hydrogens (primary N) is 1. The second kappa shape index (κ2) is 6.38. The molecule has 0 aliphatic rings. The van der Waals surface area contributed by atoms with E-state index in [-0.39, 0.29) is 6.04 Å². The molecule has 4 heteroatoms. The van der Waals surface area contributed by atoms with Crippen LogP contribution in [0.5, 0.6) is 5.75 Å². The maximum atomic E-state index is 6.28. The third kappa shape index (κ3) is 3.35. The SMILES string of the molecule is CCOc1ccccc1C(N)CCc1ccnn1C. The lowest BCUT2D eigenvalue weighted by Crippen LogP contribution is -2.14. The first-order valence-corrected chi connectivity index (χ1v) is 6.66. The van der Waals surface area contributed by atoms with Crippen LogP contribution in [-0.2, 0) is 13.5 Å².